The Bertz CT molecular complexity index is 899. The van der Waals surface area contributed by atoms with E-state index in [9.17, 15) is 18.8 Å². The Labute approximate surface area is 137 Å². The summed E-state index contributed by atoms with van der Waals surface area (Å²) in [5.41, 5.74) is 0.226. The van der Waals surface area contributed by atoms with Crippen molar-refractivity contribution in [3.8, 4) is 0 Å². The summed E-state index contributed by atoms with van der Waals surface area (Å²) in [6, 6.07) is 6.70. The number of pyridine rings is 1. The molecule has 1 aromatic carbocycles. The highest BCUT2D eigenvalue weighted by Crippen LogP contribution is 2.33. The molecule has 0 spiro atoms. The molecular formula is C18H17FN2O3. The molecule has 124 valence electrons. The number of carbonyl (C=O) groups is 2. The summed E-state index contributed by atoms with van der Waals surface area (Å²) in [6.07, 6.45) is 0.923. The van der Waals surface area contributed by atoms with Gasteiger partial charge in [-0.1, -0.05) is 19.9 Å². The third-order valence-corrected chi connectivity index (χ3v) is 4.04. The number of anilines is 1. The van der Waals surface area contributed by atoms with E-state index in [1.54, 1.807) is 0 Å². The fourth-order valence-corrected chi connectivity index (χ4v) is 2.96. The summed E-state index contributed by atoms with van der Waals surface area (Å²) >= 11 is 0. The lowest BCUT2D eigenvalue weighted by atomic mass is 9.75. The molecule has 0 fully saturated rings. The Morgan fingerprint density at radius 2 is 1.96 bits per heavy atom. The van der Waals surface area contributed by atoms with Crippen LogP contribution in [0.3, 0.4) is 0 Å². The van der Waals surface area contributed by atoms with Crippen molar-refractivity contribution in [3.63, 3.8) is 0 Å². The second-order valence-corrected chi connectivity index (χ2v) is 6.81. The van der Waals surface area contributed by atoms with Gasteiger partial charge < -0.3 is 10.3 Å². The van der Waals surface area contributed by atoms with Crippen molar-refractivity contribution in [1.29, 1.82) is 0 Å². The number of aromatic nitrogens is 1. The summed E-state index contributed by atoms with van der Waals surface area (Å²) in [6.45, 7) is 3.91. The smallest absolute Gasteiger partial charge is 0.261 e. The highest BCUT2D eigenvalue weighted by Gasteiger charge is 2.32. The van der Waals surface area contributed by atoms with E-state index in [0.29, 0.717) is 24.1 Å². The molecule has 24 heavy (non-hydrogen) atoms. The number of ketones is 1. The summed E-state index contributed by atoms with van der Waals surface area (Å²) in [5, 5.41) is 2.47. The van der Waals surface area contributed by atoms with Crippen LogP contribution >= 0.6 is 0 Å². The second kappa shape index (κ2) is 5.70. The van der Waals surface area contributed by atoms with Crippen LogP contribution < -0.4 is 10.9 Å². The zero-order valence-corrected chi connectivity index (χ0v) is 13.4. The molecule has 6 heteroatoms. The van der Waals surface area contributed by atoms with Crippen molar-refractivity contribution in [1.82, 2.24) is 4.98 Å². The molecule has 3 rings (SSSR count). The summed E-state index contributed by atoms with van der Waals surface area (Å²) in [5.74, 6) is -1.27. The monoisotopic (exact) mass is 328 g/mol. The molecule has 2 aromatic rings. The SMILES string of the molecule is CC1(C)CC(=O)c2cc(C(=O)Nc3cccc(F)c3)c(=O)[nH]c2C1. The fraction of sp³-hybridized carbons (Fsp3) is 0.278. The predicted molar refractivity (Wildman–Crippen MR) is 87.8 cm³/mol. The first-order chi connectivity index (χ1) is 11.2. The average Bonchev–Trinajstić information content (AvgIpc) is 2.45. The number of fused-ring (bicyclic) bond motifs is 1. The Kier molecular flexibility index (Phi) is 3.83. The molecule has 0 unspecified atom stereocenters. The molecule has 5 nitrogen and oxygen atoms in total. The molecule has 1 amide bonds. The molecule has 0 atom stereocenters. The van der Waals surface area contributed by atoms with Gasteiger partial charge in [-0.3, -0.25) is 14.4 Å². The van der Waals surface area contributed by atoms with E-state index in [1.165, 1.54) is 24.3 Å². The third kappa shape index (κ3) is 3.13. The van der Waals surface area contributed by atoms with Crippen molar-refractivity contribution in [2.24, 2.45) is 5.41 Å². The molecule has 0 bridgehead atoms. The van der Waals surface area contributed by atoms with E-state index in [1.807, 2.05) is 13.8 Å². The Balaban J connectivity index is 1.95. The van der Waals surface area contributed by atoms with Gasteiger partial charge in [0.05, 0.1) is 0 Å². The van der Waals surface area contributed by atoms with Crippen LogP contribution in [0.25, 0.3) is 0 Å². The average molecular weight is 328 g/mol. The van der Waals surface area contributed by atoms with Crippen molar-refractivity contribution in [2.75, 3.05) is 5.32 Å². The van der Waals surface area contributed by atoms with Gasteiger partial charge in [-0.05, 0) is 36.1 Å². The van der Waals surface area contributed by atoms with Gasteiger partial charge >= 0.3 is 0 Å². The summed E-state index contributed by atoms with van der Waals surface area (Å²) < 4.78 is 13.2. The normalized spacial score (nSPS) is 15.7. The summed E-state index contributed by atoms with van der Waals surface area (Å²) in [7, 11) is 0. The number of benzene rings is 1. The van der Waals surface area contributed by atoms with Gasteiger partial charge in [0.25, 0.3) is 11.5 Å². The molecule has 2 N–H and O–H groups in total. The zero-order valence-electron chi connectivity index (χ0n) is 13.4. The molecule has 0 saturated carbocycles. The number of hydrogen-bond acceptors (Lipinski definition) is 3. The molecule has 1 aliphatic carbocycles. The van der Waals surface area contributed by atoms with E-state index < -0.39 is 17.3 Å². The Hall–Kier alpha value is -2.76. The number of carbonyl (C=O) groups excluding carboxylic acids is 2. The number of H-pyrrole nitrogens is 1. The Morgan fingerprint density at radius 1 is 1.21 bits per heavy atom. The van der Waals surface area contributed by atoms with Crippen LogP contribution in [0.2, 0.25) is 0 Å². The third-order valence-electron chi connectivity index (χ3n) is 4.04. The van der Waals surface area contributed by atoms with Gasteiger partial charge in [-0.2, -0.15) is 0 Å². The number of Topliss-reactive ketones (excluding diaryl/α,β-unsaturated/α-hetero) is 1. The number of aromatic amines is 1. The minimum Gasteiger partial charge on any atom is -0.325 e. The largest absolute Gasteiger partial charge is 0.325 e. The fourth-order valence-electron chi connectivity index (χ4n) is 2.96. The highest BCUT2D eigenvalue weighted by atomic mass is 19.1. The zero-order chi connectivity index (χ0) is 17.5. The first-order valence-corrected chi connectivity index (χ1v) is 7.61. The number of nitrogens with one attached hydrogen (secondary N) is 2. The maximum atomic E-state index is 13.2. The minimum atomic E-state index is -0.678. The van der Waals surface area contributed by atoms with Gasteiger partial charge in [-0.15, -0.1) is 0 Å². The van der Waals surface area contributed by atoms with E-state index >= 15 is 0 Å². The van der Waals surface area contributed by atoms with Gasteiger partial charge in [0.15, 0.2) is 5.78 Å². The highest BCUT2D eigenvalue weighted by molar-refractivity contribution is 6.06. The van der Waals surface area contributed by atoms with Gasteiger partial charge in [-0.25, -0.2) is 4.39 Å². The molecule has 1 aromatic heterocycles. The van der Waals surface area contributed by atoms with E-state index in [0.717, 1.165) is 6.07 Å². The van der Waals surface area contributed by atoms with Gasteiger partial charge in [0.1, 0.15) is 11.4 Å². The topological polar surface area (TPSA) is 79.0 Å². The molecule has 1 aliphatic rings. The molecule has 1 heterocycles. The lowest BCUT2D eigenvalue weighted by Gasteiger charge is -2.29. The summed E-state index contributed by atoms with van der Waals surface area (Å²) in [4.78, 5) is 39.4. The van der Waals surface area contributed by atoms with Crippen LogP contribution in [-0.2, 0) is 6.42 Å². The van der Waals surface area contributed by atoms with Gasteiger partial charge in [0.2, 0.25) is 0 Å². The van der Waals surface area contributed by atoms with Crippen LogP contribution in [0.1, 0.15) is 46.7 Å². The molecule has 0 radical (unpaired) electrons. The van der Waals surface area contributed by atoms with Crippen molar-refractivity contribution < 1.29 is 14.0 Å². The van der Waals surface area contributed by atoms with Gasteiger partial charge in [0, 0.05) is 23.4 Å². The molecule has 0 aliphatic heterocycles. The number of hydrogen-bond donors (Lipinski definition) is 2. The van der Waals surface area contributed by atoms with Crippen LogP contribution in [0, 0.1) is 11.2 Å². The first-order valence-electron chi connectivity index (χ1n) is 7.61. The standard InChI is InChI=1S/C18H17FN2O3/c1-18(2)8-14-12(15(22)9-18)7-13(17(24)21-14)16(23)20-11-5-3-4-10(19)6-11/h3-7H,8-9H2,1-2H3,(H,20,23)(H,21,24). The number of halogens is 1. The van der Waals surface area contributed by atoms with Crippen LogP contribution in [0.4, 0.5) is 10.1 Å². The lowest BCUT2D eigenvalue weighted by Crippen LogP contribution is -2.32. The molecule has 0 saturated heterocycles. The van der Waals surface area contributed by atoms with Crippen LogP contribution in [0.15, 0.2) is 35.1 Å². The lowest BCUT2D eigenvalue weighted by molar-refractivity contribution is 0.0910. The Morgan fingerprint density at radius 3 is 2.67 bits per heavy atom. The maximum Gasteiger partial charge on any atom is 0.261 e. The second-order valence-electron chi connectivity index (χ2n) is 6.81. The van der Waals surface area contributed by atoms with Crippen molar-refractivity contribution in [3.05, 3.63) is 63.3 Å². The number of rotatable bonds is 2. The maximum absolute atomic E-state index is 13.2. The van der Waals surface area contributed by atoms with E-state index in [2.05, 4.69) is 10.3 Å². The van der Waals surface area contributed by atoms with Crippen LogP contribution in [0.5, 0.6) is 0 Å². The first kappa shape index (κ1) is 16.1. The quantitative estimate of drug-likeness (QED) is 0.889. The predicted octanol–water partition coefficient (Wildman–Crippen LogP) is 2.92. The number of amides is 1. The minimum absolute atomic E-state index is 0.0997. The van der Waals surface area contributed by atoms with E-state index in [-0.39, 0.29) is 22.4 Å². The van der Waals surface area contributed by atoms with Crippen LogP contribution in [-0.4, -0.2) is 16.7 Å². The van der Waals surface area contributed by atoms with E-state index in [4.69, 9.17) is 0 Å². The van der Waals surface area contributed by atoms with Crippen molar-refractivity contribution >= 4 is 17.4 Å². The van der Waals surface area contributed by atoms with Crippen molar-refractivity contribution in [2.45, 2.75) is 26.7 Å². The molecular weight excluding hydrogens is 311 g/mol.